The summed E-state index contributed by atoms with van der Waals surface area (Å²) in [6.45, 7) is 0. The smallest absolute Gasteiger partial charge is 0.0874 e. The maximum Gasteiger partial charge on any atom is 0.0874 e. The van der Waals surface area contributed by atoms with Gasteiger partial charge in [0.15, 0.2) is 0 Å². The lowest BCUT2D eigenvalue weighted by Crippen LogP contribution is -2.31. The van der Waals surface area contributed by atoms with Crippen LogP contribution in [-0.4, -0.2) is 29.3 Å². The zero-order chi connectivity index (χ0) is 13.0. The van der Waals surface area contributed by atoms with E-state index >= 15 is 0 Å². The first kappa shape index (κ1) is 12.8. The number of nitrogens with zero attached hydrogens (tertiary/aromatic N) is 2. The number of hydrogen-bond donors (Lipinski definition) is 2. The van der Waals surface area contributed by atoms with Crippen LogP contribution in [0.15, 0.2) is 18.5 Å². The van der Waals surface area contributed by atoms with Gasteiger partial charge in [-0.2, -0.15) is 5.26 Å². The van der Waals surface area contributed by atoms with Crippen LogP contribution in [0, 0.1) is 11.3 Å². The minimum Gasteiger partial charge on any atom is -0.393 e. The molecule has 0 radical (unpaired) electrons. The molecule has 0 spiro atoms. The third-order valence-corrected chi connectivity index (χ3v) is 3.17. The van der Waals surface area contributed by atoms with Gasteiger partial charge in [0.2, 0.25) is 0 Å². The molecule has 1 aromatic rings. The normalized spacial score (nSPS) is 27.5. The maximum atomic E-state index is 9.88. The Kier molecular flexibility index (Phi) is 4.13. The molecule has 5 nitrogen and oxygen atoms in total. The largest absolute Gasteiger partial charge is 0.393 e. The molecule has 3 atom stereocenters. The molecule has 0 saturated carbocycles. The number of aliphatic hydroxyl groups excluding tert-OH is 1. The van der Waals surface area contributed by atoms with Gasteiger partial charge in [0, 0.05) is 31.6 Å². The molecular formula is C13H17N3O2. The van der Waals surface area contributed by atoms with Crippen LogP contribution in [0.3, 0.4) is 0 Å². The van der Waals surface area contributed by atoms with Gasteiger partial charge in [-0.15, -0.1) is 0 Å². The van der Waals surface area contributed by atoms with Crippen molar-refractivity contribution in [1.82, 2.24) is 4.98 Å². The summed E-state index contributed by atoms with van der Waals surface area (Å²) >= 11 is 0. The van der Waals surface area contributed by atoms with Crippen molar-refractivity contribution in [1.29, 1.82) is 5.26 Å². The van der Waals surface area contributed by atoms with Crippen molar-refractivity contribution >= 4 is 5.69 Å². The summed E-state index contributed by atoms with van der Waals surface area (Å²) in [7, 11) is 1.83. The van der Waals surface area contributed by atoms with E-state index in [4.69, 9.17) is 10.00 Å². The molecule has 2 unspecified atom stereocenters. The lowest BCUT2D eigenvalue weighted by Gasteiger charge is -2.33. The average Bonchev–Trinajstić information content (AvgIpc) is 2.38. The van der Waals surface area contributed by atoms with Crippen LogP contribution < -0.4 is 5.32 Å². The first-order chi connectivity index (χ1) is 8.74. The zero-order valence-electron chi connectivity index (χ0n) is 10.3. The fraction of sp³-hybridized carbons (Fsp3) is 0.538. The first-order valence-electron chi connectivity index (χ1n) is 6.06. The molecule has 96 valence electrons. The Bertz CT molecular complexity index is 444. The molecule has 0 amide bonds. The van der Waals surface area contributed by atoms with Gasteiger partial charge in [-0.05, 0) is 6.07 Å². The minimum absolute atomic E-state index is 0.183. The van der Waals surface area contributed by atoms with Crippen LogP contribution in [0.25, 0.3) is 0 Å². The van der Waals surface area contributed by atoms with Gasteiger partial charge >= 0.3 is 0 Å². The summed E-state index contributed by atoms with van der Waals surface area (Å²) in [5, 5.41) is 21.7. The number of ether oxygens (including phenoxy) is 1. The van der Waals surface area contributed by atoms with Gasteiger partial charge in [-0.1, -0.05) is 0 Å². The summed E-state index contributed by atoms with van der Waals surface area (Å²) in [5.41, 5.74) is 1.88. The van der Waals surface area contributed by atoms with E-state index in [0.717, 1.165) is 11.3 Å². The fourth-order valence-electron chi connectivity index (χ4n) is 2.32. The molecule has 2 rings (SSSR count). The number of nitrogens with one attached hydrogen (secondary N) is 1. The van der Waals surface area contributed by atoms with Crippen molar-refractivity contribution in [3.05, 3.63) is 24.0 Å². The zero-order valence-corrected chi connectivity index (χ0v) is 10.3. The SMILES string of the molecule is CNc1cnccc1C1CC(O)C[C@@H](CC#N)O1. The molecule has 1 aliphatic heterocycles. The Labute approximate surface area is 106 Å². The molecule has 1 aromatic heterocycles. The van der Waals surface area contributed by atoms with Crippen molar-refractivity contribution in [2.45, 2.75) is 37.6 Å². The van der Waals surface area contributed by atoms with Crippen LogP contribution in [0.4, 0.5) is 5.69 Å². The molecule has 1 fully saturated rings. The Morgan fingerprint density at radius 1 is 1.61 bits per heavy atom. The van der Waals surface area contributed by atoms with Crippen LogP contribution in [0.5, 0.6) is 0 Å². The highest BCUT2D eigenvalue weighted by Gasteiger charge is 2.30. The second-order valence-corrected chi connectivity index (χ2v) is 4.45. The highest BCUT2D eigenvalue weighted by Crippen LogP contribution is 2.35. The maximum absolute atomic E-state index is 9.88. The van der Waals surface area contributed by atoms with Gasteiger partial charge in [0.1, 0.15) is 0 Å². The van der Waals surface area contributed by atoms with E-state index in [9.17, 15) is 5.11 Å². The second kappa shape index (κ2) is 5.80. The number of nitriles is 1. The predicted molar refractivity (Wildman–Crippen MR) is 66.9 cm³/mol. The monoisotopic (exact) mass is 247 g/mol. The molecule has 1 saturated heterocycles. The summed E-state index contributed by atoms with van der Waals surface area (Å²) in [4.78, 5) is 4.05. The highest BCUT2D eigenvalue weighted by atomic mass is 16.5. The van der Waals surface area contributed by atoms with Gasteiger partial charge in [-0.25, -0.2) is 0 Å². The molecule has 1 aliphatic rings. The standard InChI is InChI=1S/C13H17N3O2/c1-15-12-8-16-5-3-11(12)13-7-9(17)6-10(18-13)2-4-14/h3,5,8-10,13,15,17H,2,6-7H2,1H3/t9?,10-,13?/m1/s1. The average molecular weight is 247 g/mol. The molecule has 5 heteroatoms. The van der Waals surface area contributed by atoms with Gasteiger partial charge in [-0.3, -0.25) is 4.98 Å². The van der Waals surface area contributed by atoms with Crippen LogP contribution in [-0.2, 0) is 4.74 Å². The number of aromatic nitrogens is 1. The molecule has 2 heterocycles. The lowest BCUT2D eigenvalue weighted by molar-refractivity contribution is -0.0949. The summed E-state index contributed by atoms with van der Waals surface area (Å²) in [5.74, 6) is 0. The van der Waals surface area contributed by atoms with E-state index in [1.807, 2.05) is 13.1 Å². The minimum atomic E-state index is -0.417. The number of rotatable bonds is 3. The van der Waals surface area contributed by atoms with Crippen LogP contribution >= 0.6 is 0 Å². The van der Waals surface area contributed by atoms with Gasteiger partial charge in [0.25, 0.3) is 0 Å². The number of pyridine rings is 1. The van der Waals surface area contributed by atoms with E-state index in [1.165, 1.54) is 0 Å². The Morgan fingerprint density at radius 3 is 3.17 bits per heavy atom. The van der Waals surface area contributed by atoms with E-state index in [1.54, 1.807) is 12.4 Å². The highest BCUT2D eigenvalue weighted by molar-refractivity contribution is 5.49. The first-order valence-corrected chi connectivity index (χ1v) is 6.06. The van der Waals surface area contributed by atoms with Crippen molar-refractivity contribution in [3.8, 4) is 6.07 Å². The number of hydrogen-bond acceptors (Lipinski definition) is 5. The molecular weight excluding hydrogens is 230 g/mol. The van der Waals surface area contributed by atoms with Crippen LogP contribution in [0.1, 0.15) is 30.9 Å². The summed E-state index contributed by atoms with van der Waals surface area (Å²) in [6, 6.07) is 3.98. The molecule has 0 aliphatic carbocycles. The fourth-order valence-corrected chi connectivity index (χ4v) is 2.32. The Hall–Kier alpha value is -1.64. The van der Waals surface area contributed by atoms with Crippen molar-refractivity contribution in [2.75, 3.05) is 12.4 Å². The van der Waals surface area contributed by atoms with Crippen LogP contribution in [0.2, 0.25) is 0 Å². The third kappa shape index (κ3) is 2.78. The van der Waals surface area contributed by atoms with E-state index in [0.29, 0.717) is 19.3 Å². The van der Waals surface area contributed by atoms with E-state index < -0.39 is 6.10 Å². The summed E-state index contributed by atoms with van der Waals surface area (Å²) in [6.07, 6.45) is 4.05. The van der Waals surface area contributed by atoms with E-state index in [2.05, 4.69) is 16.4 Å². The van der Waals surface area contributed by atoms with Crippen molar-refractivity contribution in [3.63, 3.8) is 0 Å². The molecule has 0 bridgehead atoms. The lowest BCUT2D eigenvalue weighted by atomic mass is 9.95. The van der Waals surface area contributed by atoms with Gasteiger partial charge in [0.05, 0.1) is 42.7 Å². The number of aliphatic hydroxyl groups is 1. The predicted octanol–water partition coefficient (Wildman–Crippen LogP) is 1.62. The van der Waals surface area contributed by atoms with E-state index in [-0.39, 0.29) is 12.2 Å². The van der Waals surface area contributed by atoms with Gasteiger partial charge < -0.3 is 15.2 Å². The molecule has 2 N–H and O–H groups in total. The Balaban J connectivity index is 2.19. The molecule has 0 aromatic carbocycles. The second-order valence-electron chi connectivity index (χ2n) is 4.45. The summed E-state index contributed by atoms with van der Waals surface area (Å²) < 4.78 is 5.88. The topological polar surface area (TPSA) is 78.2 Å². The third-order valence-electron chi connectivity index (χ3n) is 3.17. The van der Waals surface area contributed by atoms with Crippen molar-refractivity contribution < 1.29 is 9.84 Å². The number of anilines is 1. The quantitative estimate of drug-likeness (QED) is 0.848. The van der Waals surface area contributed by atoms with Crippen molar-refractivity contribution in [2.24, 2.45) is 0 Å². The molecule has 18 heavy (non-hydrogen) atoms. The Morgan fingerprint density at radius 2 is 2.44 bits per heavy atom.